The molecule has 0 aromatic carbocycles. The van der Waals surface area contributed by atoms with Gasteiger partial charge in [-0.25, -0.2) is 13.6 Å². The number of pyridine rings is 1. The second kappa shape index (κ2) is 4.72. The summed E-state index contributed by atoms with van der Waals surface area (Å²) in [5.41, 5.74) is -0.803. The summed E-state index contributed by atoms with van der Waals surface area (Å²) in [5.74, 6) is -0.782. The number of hydrogen-bond acceptors (Lipinski definition) is 3. The van der Waals surface area contributed by atoms with Gasteiger partial charge in [0.05, 0.1) is 22.7 Å². The number of alkyl halides is 2. The Morgan fingerprint density at radius 1 is 1.47 bits per heavy atom. The van der Waals surface area contributed by atoms with Crippen LogP contribution in [0.3, 0.4) is 0 Å². The third kappa shape index (κ3) is 2.35. The van der Waals surface area contributed by atoms with Crippen molar-refractivity contribution >= 4 is 29.2 Å². The molecule has 0 aliphatic heterocycles. The molecule has 1 heterocycles. The van der Waals surface area contributed by atoms with Gasteiger partial charge in [-0.3, -0.25) is 4.98 Å². The molecule has 0 atom stereocenters. The first-order valence-electron chi connectivity index (χ1n) is 3.69. The van der Waals surface area contributed by atoms with Crippen LogP contribution in [0, 0.1) is 0 Å². The Labute approximate surface area is 94.0 Å². The third-order valence-electron chi connectivity index (χ3n) is 1.60. The van der Waals surface area contributed by atoms with E-state index in [0.717, 1.165) is 13.3 Å². The number of rotatable bonds is 2. The van der Waals surface area contributed by atoms with Crippen molar-refractivity contribution in [3.8, 4) is 0 Å². The summed E-state index contributed by atoms with van der Waals surface area (Å²) < 4.78 is 29.0. The molecule has 0 radical (unpaired) electrons. The summed E-state index contributed by atoms with van der Waals surface area (Å²) in [5, 5.41) is -0.719. The van der Waals surface area contributed by atoms with E-state index in [2.05, 4.69) is 9.72 Å². The maximum atomic E-state index is 12.3. The molecular formula is C8H5Cl2F2NO2. The molecule has 15 heavy (non-hydrogen) atoms. The minimum absolute atomic E-state index is 0.145. The molecule has 82 valence electrons. The molecule has 1 aromatic heterocycles. The van der Waals surface area contributed by atoms with Crippen LogP contribution in [0.4, 0.5) is 8.78 Å². The molecule has 0 amide bonds. The summed E-state index contributed by atoms with van der Waals surface area (Å²) >= 11 is 11.1. The number of carbonyl (C=O) groups excluding carboxylic acids is 1. The second-order valence-electron chi connectivity index (χ2n) is 2.48. The van der Waals surface area contributed by atoms with Crippen LogP contribution >= 0.6 is 23.2 Å². The van der Waals surface area contributed by atoms with Gasteiger partial charge in [-0.15, -0.1) is 0 Å². The molecule has 0 saturated heterocycles. The maximum absolute atomic E-state index is 12.3. The van der Waals surface area contributed by atoms with Crippen LogP contribution in [0.15, 0.2) is 6.20 Å². The zero-order chi connectivity index (χ0) is 11.6. The van der Waals surface area contributed by atoms with Gasteiger partial charge in [0.2, 0.25) is 0 Å². The monoisotopic (exact) mass is 255 g/mol. The molecule has 7 heteroatoms. The number of ether oxygens (including phenoxy) is 1. The summed E-state index contributed by atoms with van der Waals surface area (Å²) in [6.45, 7) is 0. The van der Waals surface area contributed by atoms with E-state index in [9.17, 15) is 13.6 Å². The van der Waals surface area contributed by atoms with Crippen molar-refractivity contribution in [2.45, 2.75) is 6.43 Å². The lowest BCUT2D eigenvalue weighted by Gasteiger charge is -2.07. The lowest BCUT2D eigenvalue weighted by molar-refractivity contribution is 0.0600. The molecule has 3 nitrogen and oxygen atoms in total. The highest BCUT2D eigenvalue weighted by atomic mass is 35.5. The standard InChI is InChI=1S/C8H5Cl2F2NO2/c1-15-8(14)3-2-13-6(7(11)12)5(10)4(3)9/h2,7H,1H3. The topological polar surface area (TPSA) is 39.2 Å². The van der Waals surface area contributed by atoms with Crippen LogP contribution in [0.1, 0.15) is 22.5 Å². The summed E-state index contributed by atoms with van der Waals surface area (Å²) in [6, 6.07) is 0. The number of esters is 1. The zero-order valence-corrected chi connectivity index (χ0v) is 8.94. The first-order valence-corrected chi connectivity index (χ1v) is 4.45. The van der Waals surface area contributed by atoms with Crippen molar-refractivity contribution in [3.05, 3.63) is 27.5 Å². The Hall–Kier alpha value is -0.940. The van der Waals surface area contributed by atoms with Crippen LogP contribution in [-0.2, 0) is 4.74 Å². The largest absolute Gasteiger partial charge is 0.465 e. The lowest BCUT2D eigenvalue weighted by Crippen LogP contribution is -2.05. The van der Waals surface area contributed by atoms with Crippen LogP contribution in [0.25, 0.3) is 0 Å². The molecule has 0 fully saturated rings. The molecule has 0 spiro atoms. The van der Waals surface area contributed by atoms with Gasteiger partial charge in [-0.1, -0.05) is 23.2 Å². The maximum Gasteiger partial charge on any atom is 0.341 e. The number of methoxy groups -OCH3 is 1. The minimum Gasteiger partial charge on any atom is -0.465 e. The summed E-state index contributed by atoms with van der Waals surface area (Å²) in [4.78, 5) is 14.4. The Bertz CT molecular complexity index is 398. The number of nitrogens with zero attached hydrogens (tertiary/aromatic N) is 1. The van der Waals surface area contributed by atoms with Gasteiger partial charge >= 0.3 is 5.97 Å². The molecule has 0 saturated carbocycles. The molecule has 1 aromatic rings. The van der Waals surface area contributed by atoms with Crippen molar-refractivity contribution in [1.82, 2.24) is 4.98 Å². The molecule has 0 N–H and O–H groups in total. The Kier molecular flexibility index (Phi) is 3.82. The van der Waals surface area contributed by atoms with E-state index in [1.54, 1.807) is 0 Å². The van der Waals surface area contributed by atoms with Crippen LogP contribution < -0.4 is 0 Å². The van der Waals surface area contributed by atoms with Crippen molar-refractivity contribution < 1.29 is 18.3 Å². The SMILES string of the molecule is COC(=O)c1cnc(C(F)F)c(Cl)c1Cl. The van der Waals surface area contributed by atoms with Gasteiger partial charge in [0.1, 0.15) is 5.69 Å². The van der Waals surface area contributed by atoms with Crippen LogP contribution in [0.2, 0.25) is 10.0 Å². The van der Waals surface area contributed by atoms with Crippen molar-refractivity contribution in [1.29, 1.82) is 0 Å². The van der Waals surface area contributed by atoms with Crippen LogP contribution in [0.5, 0.6) is 0 Å². The summed E-state index contributed by atoms with van der Waals surface area (Å²) in [7, 11) is 1.13. The Morgan fingerprint density at radius 2 is 2.07 bits per heavy atom. The van der Waals surface area contributed by atoms with Gasteiger partial charge in [-0.05, 0) is 0 Å². The van der Waals surface area contributed by atoms with E-state index in [4.69, 9.17) is 23.2 Å². The van der Waals surface area contributed by atoms with Crippen molar-refractivity contribution in [2.24, 2.45) is 0 Å². The highest BCUT2D eigenvalue weighted by Crippen LogP contribution is 2.33. The average molecular weight is 256 g/mol. The minimum atomic E-state index is -2.85. The molecule has 0 aliphatic carbocycles. The van der Waals surface area contributed by atoms with Crippen LogP contribution in [-0.4, -0.2) is 18.1 Å². The Balaban J connectivity index is 3.27. The van der Waals surface area contributed by atoms with Crippen molar-refractivity contribution in [3.63, 3.8) is 0 Å². The van der Waals surface area contributed by atoms with Crippen molar-refractivity contribution in [2.75, 3.05) is 7.11 Å². The zero-order valence-electron chi connectivity index (χ0n) is 7.43. The predicted octanol–water partition coefficient (Wildman–Crippen LogP) is 3.11. The lowest BCUT2D eigenvalue weighted by atomic mass is 10.2. The van der Waals surface area contributed by atoms with Gasteiger partial charge in [0.15, 0.2) is 0 Å². The molecular weight excluding hydrogens is 251 g/mol. The fourth-order valence-corrected chi connectivity index (χ4v) is 1.34. The van der Waals surface area contributed by atoms with E-state index < -0.39 is 23.1 Å². The Morgan fingerprint density at radius 3 is 2.53 bits per heavy atom. The van der Waals surface area contributed by atoms with E-state index in [0.29, 0.717) is 0 Å². The normalized spacial score (nSPS) is 10.5. The molecule has 0 bridgehead atoms. The van der Waals surface area contributed by atoms with Gasteiger partial charge < -0.3 is 4.74 Å². The number of hydrogen-bond donors (Lipinski definition) is 0. The first-order chi connectivity index (χ1) is 6.99. The quantitative estimate of drug-likeness (QED) is 0.763. The number of halogens is 4. The smallest absolute Gasteiger partial charge is 0.341 e. The first kappa shape index (κ1) is 12.1. The molecule has 0 unspecified atom stereocenters. The van der Waals surface area contributed by atoms with E-state index >= 15 is 0 Å². The van der Waals surface area contributed by atoms with E-state index in [1.807, 2.05) is 0 Å². The average Bonchev–Trinajstić information content (AvgIpc) is 2.20. The fraction of sp³-hybridized carbons (Fsp3) is 0.250. The van der Waals surface area contributed by atoms with Gasteiger partial charge in [0.25, 0.3) is 6.43 Å². The highest BCUT2D eigenvalue weighted by molar-refractivity contribution is 6.44. The van der Waals surface area contributed by atoms with E-state index in [-0.39, 0.29) is 10.6 Å². The van der Waals surface area contributed by atoms with Gasteiger partial charge in [0, 0.05) is 6.20 Å². The van der Waals surface area contributed by atoms with E-state index in [1.165, 1.54) is 0 Å². The highest BCUT2D eigenvalue weighted by Gasteiger charge is 2.21. The number of carbonyl (C=O) groups is 1. The predicted molar refractivity (Wildman–Crippen MR) is 50.6 cm³/mol. The third-order valence-corrected chi connectivity index (χ3v) is 2.47. The number of aromatic nitrogens is 1. The fourth-order valence-electron chi connectivity index (χ4n) is 0.883. The molecule has 1 rings (SSSR count). The van der Waals surface area contributed by atoms with Gasteiger partial charge in [-0.2, -0.15) is 0 Å². The second-order valence-corrected chi connectivity index (χ2v) is 3.23. The summed E-state index contributed by atoms with van der Waals surface area (Å²) in [6.07, 6.45) is -1.94. The molecule has 0 aliphatic rings.